The number of nitrogens with zero attached hydrogens (tertiary/aromatic N) is 2. The number of carboxylic acids is 1. The van der Waals surface area contributed by atoms with E-state index >= 15 is 0 Å². The fourth-order valence-electron chi connectivity index (χ4n) is 2.69. The van der Waals surface area contributed by atoms with Crippen LogP contribution in [0, 0.1) is 6.92 Å². The van der Waals surface area contributed by atoms with Crippen LogP contribution in [-0.2, 0) is 13.0 Å². The van der Waals surface area contributed by atoms with E-state index in [4.69, 9.17) is 0 Å². The summed E-state index contributed by atoms with van der Waals surface area (Å²) >= 11 is 0. The van der Waals surface area contributed by atoms with Crippen molar-refractivity contribution in [2.24, 2.45) is 0 Å². The van der Waals surface area contributed by atoms with Crippen molar-refractivity contribution in [2.45, 2.75) is 19.9 Å². The predicted octanol–water partition coefficient (Wildman–Crippen LogP) is 2.68. The molecule has 6 nitrogen and oxygen atoms in total. The molecule has 0 bridgehead atoms. The van der Waals surface area contributed by atoms with E-state index in [1.807, 2.05) is 31.2 Å². The van der Waals surface area contributed by atoms with Gasteiger partial charge in [-0.3, -0.25) is 4.98 Å². The second-order valence-corrected chi connectivity index (χ2v) is 5.60. The van der Waals surface area contributed by atoms with Crippen molar-refractivity contribution < 1.29 is 14.7 Å². The zero-order valence-electron chi connectivity index (χ0n) is 12.7. The van der Waals surface area contributed by atoms with Crippen molar-refractivity contribution >= 4 is 17.7 Å². The maximum Gasteiger partial charge on any atom is 0.337 e. The molecule has 2 heterocycles. The maximum atomic E-state index is 12.4. The molecular weight excluding hydrogens is 294 g/mol. The van der Waals surface area contributed by atoms with Crippen molar-refractivity contribution in [3.63, 3.8) is 0 Å². The predicted molar refractivity (Wildman–Crippen MR) is 85.5 cm³/mol. The lowest BCUT2D eigenvalue weighted by Crippen LogP contribution is -2.39. The molecule has 6 heteroatoms. The highest BCUT2D eigenvalue weighted by atomic mass is 16.4. The van der Waals surface area contributed by atoms with Crippen molar-refractivity contribution in [1.82, 2.24) is 9.88 Å². The topological polar surface area (TPSA) is 82.5 Å². The number of urea groups is 1. The molecule has 1 aromatic carbocycles. The second-order valence-electron chi connectivity index (χ2n) is 5.60. The lowest BCUT2D eigenvalue weighted by Gasteiger charge is -2.29. The first-order valence-electron chi connectivity index (χ1n) is 7.36. The Morgan fingerprint density at radius 2 is 1.96 bits per heavy atom. The van der Waals surface area contributed by atoms with E-state index in [1.165, 1.54) is 6.20 Å². The van der Waals surface area contributed by atoms with Crippen molar-refractivity contribution in [2.75, 3.05) is 11.9 Å². The lowest BCUT2D eigenvalue weighted by molar-refractivity contribution is 0.0694. The maximum absolute atomic E-state index is 12.4. The summed E-state index contributed by atoms with van der Waals surface area (Å²) in [6.07, 6.45) is 3.51. The van der Waals surface area contributed by atoms with E-state index in [2.05, 4.69) is 10.3 Å². The Morgan fingerprint density at radius 1 is 1.22 bits per heavy atom. The van der Waals surface area contributed by atoms with Crippen LogP contribution in [-0.4, -0.2) is 33.5 Å². The van der Waals surface area contributed by atoms with E-state index < -0.39 is 5.97 Å². The number of nitrogens with one attached hydrogen (secondary N) is 1. The van der Waals surface area contributed by atoms with Crippen LogP contribution in [0.3, 0.4) is 0 Å². The van der Waals surface area contributed by atoms with Crippen molar-refractivity contribution in [3.05, 3.63) is 58.9 Å². The fraction of sp³-hybridized carbons (Fsp3) is 0.235. The molecule has 0 radical (unpaired) electrons. The SMILES string of the molecule is Cc1ccc(NC(=O)N2CCc3c(cncc3C(=O)O)C2)cc1. The fourth-order valence-corrected chi connectivity index (χ4v) is 2.69. The van der Waals surface area contributed by atoms with Crippen LogP contribution in [0.2, 0.25) is 0 Å². The summed E-state index contributed by atoms with van der Waals surface area (Å²) in [6, 6.07) is 7.39. The number of hydrogen-bond donors (Lipinski definition) is 2. The quantitative estimate of drug-likeness (QED) is 0.893. The molecule has 0 unspecified atom stereocenters. The lowest BCUT2D eigenvalue weighted by atomic mass is 9.97. The molecule has 1 aliphatic heterocycles. The number of rotatable bonds is 2. The number of carbonyl (C=O) groups excluding carboxylic acids is 1. The van der Waals surface area contributed by atoms with Gasteiger partial charge in [-0.1, -0.05) is 17.7 Å². The summed E-state index contributed by atoms with van der Waals surface area (Å²) in [7, 11) is 0. The third-order valence-corrected chi connectivity index (χ3v) is 3.96. The van der Waals surface area contributed by atoms with Gasteiger partial charge >= 0.3 is 12.0 Å². The van der Waals surface area contributed by atoms with Gasteiger partial charge in [0.1, 0.15) is 0 Å². The largest absolute Gasteiger partial charge is 0.478 e. The standard InChI is InChI=1S/C17H17N3O3/c1-11-2-4-13(5-3-11)19-17(23)20-7-6-14-12(10-20)8-18-9-15(14)16(21)22/h2-5,8-9H,6-7,10H2,1H3,(H,19,23)(H,21,22). The summed E-state index contributed by atoms with van der Waals surface area (Å²) in [5.41, 5.74) is 3.65. The Kier molecular flexibility index (Phi) is 3.97. The Balaban J connectivity index is 1.74. The van der Waals surface area contributed by atoms with Gasteiger partial charge in [-0.25, -0.2) is 9.59 Å². The minimum Gasteiger partial charge on any atom is -0.478 e. The molecule has 0 fully saturated rings. The molecule has 0 atom stereocenters. The molecule has 0 saturated heterocycles. The highest BCUT2D eigenvalue weighted by Crippen LogP contribution is 2.22. The van der Waals surface area contributed by atoms with Gasteiger partial charge in [0.05, 0.1) is 5.56 Å². The zero-order valence-corrected chi connectivity index (χ0v) is 12.7. The van der Waals surface area contributed by atoms with E-state index in [-0.39, 0.29) is 11.6 Å². The number of aryl methyl sites for hydroxylation is 1. The van der Waals surface area contributed by atoms with E-state index in [9.17, 15) is 14.7 Å². The number of aromatic nitrogens is 1. The Labute approximate surface area is 133 Å². The van der Waals surface area contributed by atoms with Crippen LogP contribution in [0.25, 0.3) is 0 Å². The van der Waals surface area contributed by atoms with E-state index in [0.29, 0.717) is 19.5 Å². The molecule has 3 rings (SSSR count). The monoisotopic (exact) mass is 311 g/mol. The van der Waals surface area contributed by atoms with Gasteiger partial charge in [0.2, 0.25) is 0 Å². The smallest absolute Gasteiger partial charge is 0.337 e. The van der Waals surface area contributed by atoms with Crippen LogP contribution in [0.5, 0.6) is 0 Å². The summed E-state index contributed by atoms with van der Waals surface area (Å²) in [5.74, 6) is -0.980. The first-order valence-corrected chi connectivity index (χ1v) is 7.36. The number of amides is 2. The highest BCUT2D eigenvalue weighted by Gasteiger charge is 2.24. The molecule has 2 N–H and O–H groups in total. The molecule has 0 aliphatic carbocycles. The van der Waals surface area contributed by atoms with Crippen LogP contribution in [0.15, 0.2) is 36.7 Å². The molecule has 2 amide bonds. The number of anilines is 1. The molecule has 0 spiro atoms. The third kappa shape index (κ3) is 3.15. The van der Waals surface area contributed by atoms with Gasteiger partial charge in [0.15, 0.2) is 0 Å². The number of carboxylic acid groups (broad SMARTS) is 1. The number of carbonyl (C=O) groups is 2. The third-order valence-electron chi connectivity index (χ3n) is 3.96. The van der Waals surface area contributed by atoms with E-state index in [1.54, 1.807) is 11.1 Å². The summed E-state index contributed by atoms with van der Waals surface area (Å²) in [5, 5.41) is 12.1. The average Bonchev–Trinajstić information content (AvgIpc) is 2.55. The highest BCUT2D eigenvalue weighted by molar-refractivity contribution is 5.91. The van der Waals surface area contributed by atoms with Crippen LogP contribution in [0.1, 0.15) is 27.0 Å². The molecular formula is C17H17N3O3. The summed E-state index contributed by atoms with van der Waals surface area (Å²) in [6.45, 7) is 2.83. The minimum atomic E-state index is -0.980. The van der Waals surface area contributed by atoms with Gasteiger partial charge in [0, 0.05) is 31.2 Å². The van der Waals surface area contributed by atoms with Crippen LogP contribution in [0.4, 0.5) is 10.5 Å². The molecule has 0 saturated carbocycles. The summed E-state index contributed by atoms with van der Waals surface area (Å²) < 4.78 is 0. The average molecular weight is 311 g/mol. The van der Waals surface area contributed by atoms with Gasteiger partial charge in [-0.15, -0.1) is 0 Å². The Hall–Kier alpha value is -2.89. The molecule has 2 aromatic rings. The Bertz CT molecular complexity index is 756. The normalized spacial score (nSPS) is 13.3. The second kappa shape index (κ2) is 6.08. The molecule has 23 heavy (non-hydrogen) atoms. The first-order chi connectivity index (χ1) is 11.0. The van der Waals surface area contributed by atoms with Crippen LogP contribution < -0.4 is 5.32 Å². The number of fused-ring (bicyclic) bond motifs is 1. The van der Waals surface area contributed by atoms with Gasteiger partial charge < -0.3 is 15.3 Å². The van der Waals surface area contributed by atoms with Gasteiger partial charge in [-0.2, -0.15) is 0 Å². The number of pyridine rings is 1. The molecule has 1 aliphatic rings. The minimum absolute atomic E-state index is 0.194. The Morgan fingerprint density at radius 3 is 2.65 bits per heavy atom. The van der Waals surface area contributed by atoms with Gasteiger partial charge in [-0.05, 0) is 36.6 Å². The van der Waals surface area contributed by atoms with Crippen molar-refractivity contribution in [3.8, 4) is 0 Å². The number of benzene rings is 1. The molecule has 118 valence electrons. The van der Waals surface area contributed by atoms with Crippen molar-refractivity contribution in [1.29, 1.82) is 0 Å². The van der Waals surface area contributed by atoms with Crippen LogP contribution >= 0.6 is 0 Å². The molecule has 1 aromatic heterocycles. The van der Waals surface area contributed by atoms with Gasteiger partial charge in [0.25, 0.3) is 0 Å². The number of hydrogen-bond acceptors (Lipinski definition) is 3. The first kappa shape index (κ1) is 15.0. The number of aromatic carboxylic acids is 1. The summed E-state index contributed by atoms with van der Waals surface area (Å²) in [4.78, 5) is 29.2. The zero-order chi connectivity index (χ0) is 16.4. The van der Waals surface area contributed by atoms with E-state index in [0.717, 1.165) is 22.4 Å².